The van der Waals surface area contributed by atoms with E-state index in [0.717, 1.165) is 36.4 Å². The van der Waals surface area contributed by atoms with Crippen molar-refractivity contribution < 1.29 is 4.79 Å². The van der Waals surface area contributed by atoms with Crippen LogP contribution in [-0.4, -0.2) is 71.5 Å². The number of rotatable bonds is 8. The zero-order chi connectivity index (χ0) is 26.8. The van der Waals surface area contributed by atoms with Crippen LogP contribution in [0.2, 0.25) is 0 Å². The molecule has 0 aromatic carbocycles. The second-order valence-corrected chi connectivity index (χ2v) is 10.4. The number of aryl methyl sites for hydroxylation is 3. The molecule has 5 rings (SSSR count). The van der Waals surface area contributed by atoms with Gasteiger partial charge in [0.05, 0.1) is 34.2 Å². The highest BCUT2D eigenvalue weighted by Crippen LogP contribution is 2.27. The number of pyridine rings is 1. The monoisotopic (exact) mass is 517 g/mol. The van der Waals surface area contributed by atoms with Crippen molar-refractivity contribution in [3.8, 4) is 0 Å². The summed E-state index contributed by atoms with van der Waals surface area (Å²) < 4.78 is 3.39. The summed E-state index contributed by atoms with van der Waals surface area (Å²) in [6, 6.07) is 1.81. The van der Waals surface area contributed by atoms with E-state index in [4.69, 9.17) is 0 Å². The predicted octanol–water partition coefficient (Wildman–Crippen LogP) is 3.00. The molecule has 12 heteroatoms. The van der Waals surface area contributed by atoms with Crippen molar-refractivity contribution in [2.45, 2.75) is 27.2 Å². The molecule has 1 amide bonds. The van der Waals surface area contributed by atoms with Gasteiger partial charge in [0, 0.05) is 58.9 Å². The van der Waals surface area contributed by atoms with Crippen LogP contribution < -0.4 is 16.0 Å². The SMILES string of the molecule is Cc1ncc(C(=O)NCCN2CC(C)CC(C)C2)cc1Nc1nn(C)c2nc(Nc3cnn(C)c3)ncc12. The summed E-state index contributed by atoms with van der Waals surface area (Å²) in [4.78, 5) is 28.8. The number of piperidine rings is 1. The average molecular weight is 518 g/mol. The van der Waals surface area contributed by atoms with Gasteiger partial charge in [-0.05, 0) is 31.2 Å². The first-order valence-corrected chi connectivity index (χ1v) is 12.9. The fourth-order valence-corrected chi connectivity index (χ4v) is 5.12. The van der Waals surface area contributed by atoms with Crippen molar-refractivity contribution >= 4 is 40.1 Å². The Morgan fingerprint density at radius 2 is 1.87 bits per heavy atom. The van der Waals surface area contributed by atoms with E-state index in [9.17, 15) is 4.79 Å². The molecule has 0 bridgehead atoms. The zero-order valence-electron chi connectivity index (χ0n) is 22.6. The molecule has 4 aromatic rings. The van der Waals surface area contributed by atoms with E-state index in [1.54, 1.807) is 28.0 Å². The standard InChI is InChI=1S/C26H35N11O/c1-16-8-17(2)14-37(13-16)7-6-27-25(38)19-9-22(18(3)28-10-19)32-23-21-12-29-26(33-24(21)36(5)34-23)31-20-11-30-35(4)15-20/h9-12,15-17H,6-8,13-14H2,1-5H3,(H,27,38)(H,32,34)(H,29,31,33). The van der Waals surface area contributed by atoms with Gasteiger partial charge in [-0.1, -0.05) is 13.8 Å². The molecule has 0 spiro atoms. The highest BCUT2D eigenvalue weighted by molar-refractivity contribution is 5.96. The quantitative estimate of drug-likeness (QED) is 0.323. The summed E-state index contributed by atoms with van der Waals surface area (Å²) in [7, 11) is 3.67. The molecule has 2 unspecified atom stereocenters. The molecule has 0 radical (unpaired) electrons. The van der Waals surface area contributed by atoms with Crippen LogP contribution >= 0.6 is 0 Å². The van der Waals surface area contributed by atoms with Crippen LogP contribution in [0.25, 0.3) is 11.0 Å². The molecule has 2 atom stereocenters. The summed E-state index contributed by atoms with van der Waals surface area (Å²) in [6.45, 7) is 10.1. The fourth-order valence-electron chi connectivity index (χ4n) is 5.12. The lowest BCUT2D eigenvalue weighted by atomic mass is 9.92. The smallest absolute Gasteiger partial charge is 0.252 e. The highest BCUT2D eigenvalue weighted by Gasteiger charge is 2.21. The molecule has 12 nitrogen and oxygen atoms in total. The van der Waals surface area contributed by atoms with Crippen molar-refractivity contribution in [3.05, 3.63) is 42.1 Å². The molecule has 1 saturated heterocycles. The van der Waals surface area contributed by atoms with Gasteiger partial charge in [0.25, 0.3) is 5.91 Å². The summed E-state index contributed by atoms with van der Waals surface area (Å²) in [6.07, 6.45) is 8.15. The van der Waals surface area contributed by atoms with Crippen LogP contribution in [0, 0.1) is 18.8 Å². The van der Waals surface area contributed by atoms with Crippen molar-refractivity contribution in [1.29, 1.82) is 0 Å². The summed E-state index contributed by atoms with van der Waals surface area (Å²) in [5, 5.41) is 19.0. The third-order valence-corrected chi connectivity index (χ3v) is 6.80. The number of hydrogen-bond acceptors (Lipinski definition) is 9. The molecule has 5 heterocycles. The van der Waals surface area contributed by atoms with Crippen LogP contribution in [0.4, 0.5) is 23.1 Å². The Kier molecular flexibility index (Phi) is 7.23. The minimum Gasteiger partial charge on any atom is -0.351 e. The van der Waals surface area contributed by atoms with Crippen molar-refractivity contribution in [1.82, 2.24) is 44.7 Å². The number of likely N-dealkylation sites (tertiary alicyclic amines) is 1. The first-order valence-electron chi connectivity index (χ1n) is 12.9. The summed E-state index contributed by atoms with van der Waals surface area (Å²) >= 11 is 0. The van der Waals surface area contributed by atoms with Gasteiger partial charge >= 0.3 is 0 Å². The molecule has 1 aliphatic rings. The van der Waals surface area contributed by atoms with Gasteiger partial charge in [0.15, 0.2) is 11.5 Å². The van der Waals surface area contributed by atoms with Crippen LogP contribution in [0.15, 0.2) is 30.9 Å². The van der Waals surface area contributed by atoms with Crippen LogP contribution in [-0.2, 0) is 14.1 Å². The zero-order valence-corrected chi connectivity index (χ0v) is 22.6. The summed E-state index contributed by atoms with van der Waals surface area (Å²) in [5.74, 6) is 2.29. The number of anilines is 4. The Morgan fingerprint density at radius 3 is 2.61 bits per heavy atom. The van der Waals surface area contributed by atoms with Crippen molar-refractivity contribution in [2.24, 2.45) is 25.9 Å². The van der Waals surface area contributed by atoms with E-state index in [2.05, 4.69) is 59.8 Å². The average Bonchev–Trinajstić information content (AvgIpc) is 3.41. The number of nitrogens with one attached hydrogen (secondary N) is 3. The first kappa shape index (κ1) is 25.6. The summed E-state index contributed by atoms with van der Waals surface area (Å²) in [5.41, 5.74) is 3.41. The number of carbonyl (C=O) groups is 1. The van der Waals surface area contributed by atoms with Crippen LogP contribution in [0.3, 0.4) is 0 Å². The van der Waals surface area contributed by atoms with Gasteiger partial charge in [-0.2, -0.15) is 15.2 Å². The molecule has 3 N–H and O–H groups in total. The Labute approximate surface area is 221 Å². The molecule has 0 saturated carbocycles. The van der Waals surface area contributed by atoms with E-state index in [-0.39, 0.29) is 5.91 Å². The lowest BCUT2D eigenvalue weighted by Gasteiger charge is -2.34. The largest absolute Gasteiger partial charge is 0.351 e. The number of carbonyl (C=O) groups excluding carboxylic acids is 1. The topological polar surface area (TPSA) is 131 Å². The first-order chi connectivity index (χ1) is 18.2. The van der Waals surface area contributed by atoms with Crippen molar-refractivity contribution in [3.63, 3.8) is 0 Å². The molecular formula is C26H35N11O. The maximum absolute atomic E-state index is 12.9. The number of aromatic nitrogens is 7. The molecule has 4 aromatic heterocycles. The Hall–Kier alpha value is -4.06. The number of nitrogens with zero attached hydrogens (tertiary/aromatic N) is 8. The molecular weight excluding hydrogens is 482 g/mol. The molecule has 200 valence electrons. The minimum atomic E-state index is -0.140. The van der Waals surface area contributed by atoms with Gasteiger partial charge in [-0.15, -0.1) is 0 Å². The molecule has 1 aliphatic heterocycles. The lowest BCUT2D eigenvalue weighted by Crippen LogP contribution is -2.42. The van der Waals surface area contributed by atoms with E-state index in [0.29, 0.717) is 47.0 Å². The Balaban J connectivity index is 1.26. The molecule has 1 fully saturated rings. The van der Waals surface area contributed by atoms with E-state index < -0.39 is 0 Å². The van der Waals surface area contributed by atoms with Crippen LogP contribution in [0.5, 0.6) is 0 Å². The highest BCUT2D eigenvalue weighted by atomic mass is 16.1. The maximum atomic E-state index is 12.9. The second kappa shape index (κ2) is 10.7. The van der Waals surface area contributed by atoms with E-state index >= 15 is 0 Å². The van der Waals surface area contributed by atoms with Gasteiger partial charge in [0.2, 0.25) is 5.95 Å². The Bertz CT molecular complexity index is 1430. The van der Waals surface area contributed by atoms with Gasteiger partial charge < -0.3 is 20.9 Å². The minimum absolute atomic E-state index is 0.140. The van der Waals surface area contributed by atoms with Crippen molar-refractivity contribution in [2.75, 3.05) is 36.8 Å². The number of amides is 1. The molecule has 38 heavy (non-hydrogen) atoms. The third-order valence-electron chi connectivity index (χ3n) is 6.80. The predicted molar refractivity (Wildman–Crippen MR) is 147 cm³/mol. The fraction of sp³-hybridized carbons (Fsp3) is 0.462. The molecule has 0 aliphatic carbocycles. The van der Waals surface area contributed by atoms with E-state index in [1.165, 1.54) is 6.42 Å². The second-order valence-electron chi connectivity index (χ2n) is 10.4. The van der Waals surface area contributed by atoms with Gasteiger partial charge in [-0.25, -0.2) is 9.67 Å². The maximum Gasteiger partial charge on any atom is 0.252 e. The lowest BCUT2D eigenvalue weighted by molar-refractivity contribution is 0.0936. The number of fused-ring (bicyclic) bond motifs is 1. The van der Waals surface area contributed by atoms with Gasteiger partial charge in [0.1, 0.15) is 0 Å². The number of hydrogen-bond donors (Lipinski definition) is 3. The normalized spacial score (nSPS) is 18.0. The van der Waals surface area contributed by atoms with Gasteiger partial charge in [-0.3, -0.25) is 14.5 Å². The Morgan fingerprint density at radius 1 is 1.08 bits per heavy atom. The third kappa shape index (κ3) is 5.75. The van der Waals surface area contributed by atoms with Crippen LogP contribution in [0.1, 0.15) is 36.3 Å². The van der Waals surface area contributed by atoms with E-state index in [1.807, 2.05) is 33.3 Å².